The maximum Gasteiger partial charge on any atom is 0.248 e. The second kappa shape index (κ2) is 8.12. The molecule has 0 radical (unpaired) electrons. The third-order valence-electron chi connectivity index (χ3n) is 5.55. The van der Waals surface area contributed by atoms with Gasteiger partial charge in [0.15, 0.2) is 5.82 Å². The summed E-state index contributed by atoms with van der Waals surface area (Å²) in [5.74, 6) is -1.57. The highest BCUT2D eigenvalue weighted by Gasteiger charge is 2.35. The van der Waals surface area contributed by atoms with E-state index in [1.165, 1.54) is 4.80 Å². The number of aromatic nitrogens is 6. The molecular weight excluding hydrogens is 388 g/mol. The molecule has 7 nitrogen and oxygen atoms in total. The van der Waals surface area contributed by atoms with Crippen molar-refractivity contribution >= 4 is 5.69 Å². The van der Waals surface area contributed by atoms with Gasteiger partial charge in [-0.2, -0.15) is 20.1 Å². The van der Waals surface area contributed by atoms with Gasteiger partial charge < -0.3 is 5.32 Å². The molecule has 3 aromatic heterocycles. The number of aryl methyl sites for hydroxylation is 3. The summed E-state index contributed by atoms with van der Waals surface area (Å²) < 4.78 is 28.9. The third-order valence-corrected chi connectivity index (χ3v) is 5.55. The zero-order valence-corrected chi connectivity index (χ0v) is 17.6. The van der Waals surface area contributed by atoms with Gasteiger partial charge in [0.1, 0.15) is 5.69 Å². The van der Waals surface area contributed by atoms with Crippen molar-refractivity contribution in [1.29, 1.82) is 0 Å². The van der Waals surface area contributed by atoms with Gasteiger partial charge in [0.05, 0.1) is 18.4 Å². The molecule has 1 aliphatic carbocycles. The molecule has 0 saturated heterocycles. The summed E-state index contributed by atoms with van der Waals surface area (Å²) in [4.78, 5) is 6.33. The van der Waals surface area contributed by atoms with Crippen LogP contribution in [-0.4, -0.2) is 35.7 Å². The predicted molar refractivity (Wildman–Crippen MR) is 110 cm³/mol. The fourth-order valence-corrected chi connectivity index (χ4v) is 4.01. The van der Waals surface area contributed by atoms with Crippen LogP contribution in [0.3, 0.4) is 0 Å². The lowest BCUT2D eigenvalue weighted by Gasteiger charge is -2.28. The highest BCUT2D eigenvalue weighted by atomic mass is 19.3. The predicted octanol–water partition coefficient (Wildman–Crippen LogP) is 3.99. The van der Waals surface area contributed by atoms with Crippen molar-refractivity contribution < 1.29 is 8.78 Å². The van der Waals surface area contributed by atoms with E-state index in [1.54, 1.807) is 13.2 Å². The van der Waals surface area contributed by atoms with Gasteiger partial charge in [-0.1, -0.05) is 0 Å². The van der Waals surface area contributed by atoms with Gasteiger partial charge in [0.2, 0.25) is 5.92 Å². The molecule has 3 heterocycles. The molecule has 0 unspecified atom stereocenters. The number of pyridine rings is 1. The first kappa shape index (κ1) is 20.4. The van der Waals surface area contributed by atoms with E-state index in [0.29, 0.717) is 25.8 Å². The summed E-state index contributed by atoms with van der Waals surface area (Å²) >= 11 is 0. The minimum atomic E-state index is -2.51. The normalized spacial score (nSPS) is 16.7. The van der Waals surface area contributed by atoms with Crippen LogP contribution in [0.25, 0.3) is 5.82 Å². The SMILES string of the molecule is Cc1cc(C)n(-c2cc(NCc3cnn(C)n3)cc(CC3CCC(F)(F)CC3)n2)n1. The van der Waals surface area contributed by atoms with Crippen LogP contribution in [0.5, 0.6) is 0 Å². The van der Waals surface area contributed by atoms with Crippen molar-refractivity contribution in [2.45, 2.75) is 58.4 Å². The molecule has 0 spiro atoms. The van der Waals surface area contributed by atoms with Gasteiger partial charge in [0.25, 0.3) is 0 Å². The average molecular weight is 415 g/mol. The summed E-state index contributed by atoms with van der Waals surface area (Å²) in [6.07, 6.45) is 3.39. The fraction of sp³-hybridized carbons (Fsp3) is 0.524. The first-order valence-electron chi connectivity index (χ1n) is 10.3. The Labute approximate surface area is 174 Å². The minimum absolute atomic E-state index is 0.0351. The van der Waals surface area contributed by atoms with Gasteiger partial charge in [0, 0.05) is 43.0 Å². The molecule has 30 heavy (non-hydrogen) atoms. The van der Waals surface area contributed by atoms with E-state index < -0.39 is 5.92 Å². The Morgan fingerprint density at radius 3 is 2.50 bits per heavy atom. The van der Waals surface area contributed by atoms with Crippen molar-refractivity contribution in [3.8, 4) is 5.82 Å². The van der Waals surface area contributed by atoms with E-state index in [9.17, 15) is 8.78 Å². The highest BCUT2D eigenvalue weighted by molar-refractivity contribution is 5.50. The van der Waals surface area contributed by atoms with E-state index >= 15 is 0 Å². The van der Waals surface area contributed by atoms with Crippen LogP contribution in [0.4, 0.5) is 14.5 Å². The molecular formula is C21H27F2N7. The van der Waals surface area contributed by atoms with Crippen molar-refractivity contribution in [3.05, 3.63) is 47.2 Å². The van der Waals surface area contributed by atoms with E-state index in [-0.39, 0.29) is 18.8 Å². The molecule has 0 aliphatic heterocycles. The van der Waals surface area contributed by atoms with E-state index in [1.807, 2.05) is 36.7 Å². The molecule has 0 atom stereocenters. The van der Waals surface area contributed by atoms with Gasteiger partial charge >= 0.3 is 0 Å². The van der Waals surface area contributed by atoms with Crippen molar-refractivity contribution in [2.75, 3.05) is 5.32 Å². The summed E-state index contributed by atoms with van der Waals surface area (Å²) in [6, 6.07) is 5.96. The Morgan fingerprint density at radius 2 is 1.87 bits per heavy atom. The smallest absolute Gasteiger partial charge is 0.248 e. The first-order chi connectivity index (χ1) is 14.3. The van der Waals surface area contributed by atoms with Gasteiger partial charge in [-0.15, -0.1) is 0 Å². The first-order valence-corrected chi connectivity index (χ1v) is 10.3. The van der Waals surface area contributed by atoms with E-state index in [4.69, 9.17) is 4.98 Å². The number of rotatable bonds is 6. The molecule has 4 rings (SSSR count). The number of alkyl halides is 2. The molecule has 3 aromatic rings. The summed E-state index contributed by atoms with van der Waals surface area (Å²) in [6.45, 7) is 4.47. The van der Waals surface area contributed by atoms with E-state index in [2.05, 4.69) is 20.6 Å². The van der Waals surface area contributed by atoms with Gasteiger partial charge in [-0.25, -0.2) is 18.4 Å². The molecule has 0 aromatic carbocycles. The quantitative estimate of drug-likeness (QED) is 0.659. The van der Waals surface area contributed by atoms with Gasteiger partial charge in [-0.3, -0.25) is 0 Å². The number of nitrogens with one attached hydrogen (secondary N) is 1. The molecule has 9 heteroatoms. The maximum atomic E-state index is 13.5. The number of halogens is 2. The van der Waals surface area contributed by atoms with Crippen LogP contribution in [0.1, 0.15) is 48.5 Å². The van der Waals surface area contributed by atoms with E-state index in [0.717, 1.165) is 34.3 Å². The lowest BCUT2D eigenvalue weighted by molar-refractivity contribution is -0.0457. The van der Waals surface area contributed by atoms with Crippen LogP contribution in [-0.2, 0) is 20.0 Å². The van der Waals surface area contributed by atoms with Crippen molar-refractivity contribution in [3.63, 3.8) is 0 Å². The number of hydrogen-bond donors (Lipinski definition) is 1. The van der Waals surface area contributed by atoms with Crippen LogP contribution in [0, 0.1) is 19.8 Å². The fourth-order valence-electron chi connectivity index (χ4n) is 4.01. The van der Waals surface area contributed by atoms with Crippen LogP contribution < -0.4 is 5.32 Å². The summed E-state index contributed by atoms with van der Waals surface area (Å²) in [7, 11) is 1.78. The molecule has 160 valence electrons. The Balaban J connectivity index is 1.58. The molecule has 0 amide bonds. The molecule has 1 aliphatic rings. The van der Waals surface area contributed by atoms with Crippen LogP contribution in [0.2, 0.25) is 0 Å². The molecule has 0 bridgehead atoms. The standard InChI is InChI=1S/C21H27F2N7/c1-14-8-15(2)30(27-14)20-11-17(24-12-19-13-25-29(3)28-19)10-18(26-20)9-16-4-6-21(22,23)7-5-16/h8,10-11,13,16H,4-7,9,12H2,1-3H3,(H,24,26). The van der Waals surface area contributed by atoms with Crippen molar-refractivity contribution in [1.82, 2.24) is 29.8 Å². The lowest BCUT2D eigenvalue weighted by Crippen LogP contribution is -2.25. The third kappa shape index (κ3) is 4.83. The number of nitrogens with zero attached hydrogens (tertiary/aromatic N) is 6. The zero-order valence-electron chi connectivity index (χ0n) is 17.6. The molecule has 1 N–H and O–H groups in total. The van der Waals surface area contributed by atoms with Crippen LogP contribution in [0.15, 0.2) is 24.4 Å². The molecule has 1 saturated carbocycles. The summed E-state index contributed by atoms with van der Waals surface area (Å²) in [5.41, 5.74) is 4.53. The number of anilines is 1. The Hall–Kier alpha value is -2.84. The lowest BCUT2D eigenvalue weighted by atomic mass is 9.84. The second-order valence-corrected chi connectivity index (χ2v) is 8.23. The minimum Gasteiger partial charge on any atom is -0.379 e. The maximum absolute atomic E-state index is 13.5. The van der Waals surface area contributed by atoms with Gasteiger partial charge in [-0.05, 0) is 51.2 Å². The highest BCUT2D eigenvalue weighted by Crippen LogP contribution is 2.37. The summed E-state index contributed by atoms with van der Waals surface area (Å²) in [5, 5.41) is 16.3. The topological polar surface area (TPSA) is 73.5 Å². The number of hydrogen-bond acceptors (Lipinski definition) is 5. The van der Waals surface area contributed by atoms with Crippen LogP contribution >= 0.6 is 0 Å². The molecule has 1 fully saturated rings. The Morgan fingerprint density at radius 1 is 1.10 bits per heavy atom. The Kier molecular flexibility index (Phi) is 5.53. The second-order valence-electron chi connectivity index (χ2n) is 8.23. The average Bonchev–Trinajstić information content (AvgIpc) is 3.26. The largest absolute Gasteiger partial charge is 0.379 e. The Bertz CT molecular complexity index is 1010. The zero-order chi connectivity index (χ0) is 21.3. The monoisotopic (exact) mass is 415 g/mol. The van der Waals surface area contributed by atoms with Crippen molar-refractivity contribution in [2.24, 2.45) is 13.0 Å².